The monoisotopic (exact) mass is 201 g/mol. The average Bonchev–Trinajstić information content (AvgIpc) is 1.76. The van der Waals surface area contributed by atoms with Crippen LogP contribution in [0.1, 0.15) is 40.5 Å². The Hall–Kier alpha value is -0.770. The van der Waals surface area contributed by atoms with E-state index < -0.39 is 11.7 Å². The second kappa shape index (κ2) is 3.42. The van der Waals surface area contributed by atoms with Gasteiger partial charge in [-0.15, -0.1) is 0 Å². The van der Waals surface area contributed by atoms with Crippen LogP contribution in [0.4, 0.5) is 4.79 Å². The zero-order valence-electron chi connectivity index (χ0n) is 9.26. The van der Waals surface area contributed by atoms with E-state index in [-0.39, 0.29) is 11.6 Å². The molecule has 1 saturated carbocycles. The molecule has 14 heavy (non-hydrogen) atoms. The summed E-state index contributed by atoms with van der Waals surface area (Å²) in [4.78, 5) is 11.4. The summed E-state index contributed by atoms with van der Waals surface area (Å²) in [6.45, 7) is 7.38. The van der Waals surface area contributed by atoms with E-state index in [4.69, 9.17) is 9.84 Å². The molecule has 0 atom stereocenters. The Morgan fingerprint density at radius 2 is 2.00 bits per heavy atom. The molecule has 0 aromatic rings. The van der Waals surface area contributed by atoms with Gasteiger partial charge in [-0.1, -0.05) is 0 Å². The van der Waals surface area contributed by atoms with Crippen LogP contribution in [-0.4, -0.2) is 28.4 Å². The van der Waals surface area contributed by atoms with Gasteiger partial charge in [-0.3, -0.25) is 0 Å². The van der Waals surface area contributed by atoms with Gasteiger partial charge in [0, 0.05) is 5.54 Å². The fraction of sp³-hybridized carbons (Fsp3) is 0.900. The van der Waals surface area contributed by atoms with Gasteiger partial charge < -0.3 is 15.2 Å². The lowest BCUT2D eigenvalue weighted by Crippen LogP contribution is -2.57. The predicted molar refractivity (Wildman–Crippen MR) is 53.0 cm³/mol. The van der Waals surface area contributed by atoms with Crippen molar-refractivity contribution in [3.63, 3.8) is 0 Å². The molecule has 82 valence electrons. The number of carbonyl (C=O) groups is 1. The van der Waals surface area contributed by atoms with E-state index in [1.807, 2.05) is 27.7 Å². The Morgan fingerprint density at radius 3 is 2.36 bits per heavy atom. The van der Waals surface area contributed by atoms with Gasteiger partial charge in [-0.25, -0.2) is 4.79 Å². The zero-order valence-corrected chi connectivity index (χ0v) is 9.26. The summed E-state index contributed by atoms with van der Waals surface area (Å²) in [6.07, 6.45) is 0.514. The minimum Gasteiger partial charge on any atom is -0.444 e. The van der Waals surface area contributed by atoms with Crippen LogP contribution in [0.25, 0.3) is 0 Å². The first-order valence-corrected chi connectivity index (χ1v) is 4.89. The highest BCUT2D eigenvalue weighted by Gasteiger charge is 2.41. The summed E-state index contributed by atoms with van der Waals surface area (Å²) in [5.74, 6) is 0. The molecule has 0 aromatic heterocycles. The number of rotatable bonds is 1. The lowest BCUT2D eigenvalue weighted by Gasteiger charge is -2.43. The van der Waals surface area contributed by atoms with E-state index in [1.54, 1.807) is 0 Å². The molecule has 1 rings (SSSR count). The van der Waals surface area contributed by atoms with Gasteiger partial charge >= 0.3 is 6.09 Å². The standard InChI is InChI=1S/C10H19NO3/c1-9(2,3)14-8(13)11-10(4)5-7(12)6-10/h7,12H,5-6H2,1-4H3,(H,11,13). The molecule has 0 aromatic carbocycles. The lowest BCUT2D eigenvalue weighted by atomic mass is 9.76. The van der Waals surface area contributed by atoms with Gasteiger partial charge in [0.1, 0.15) is 5.60 Å². The second-order valence-electron chi connectivity index (χ2n) is 5.25. The van der Waals surface area contributed by atoms with E-state index in [1.165, 1.54) is 0 Å². The van der Waals surface area contributed by atoms with Gasteiger partial charge in [0.2, 0.25) is 0 Å². The van der Waals surface area contributed by atoms with Crippen molar-refractivity contribution in [3.05, 3.63) is 0 Å². The van der Waals surface area contributed by atoms with Crippen molar-refractivity contribution in [2.75, 3.05) is 0 Å². The summed E-state index contributed by atoms with van der Waals surface area (Å²) < 4.78 is 5.11. The summed E-state index contributed by atoms with van der Waals surface area (Å²) in [5.41, 5.74) is -0.759. The van der Waals surface area contributed by atoms with Gasteiger partial charge in [0.05, 0.1) is 6.10 Å². The Labute approximate surface area is 84.6 Å². The number of hydrogen-bond donors (Lipinski definition) is 2. The topological polar surface area (TPSA) is 58.6 Å². The average molecular weight is 201 g/mol. The van der Waals surface area contributed by atoms with Crippen molar-refractivity contribution in [3.8, 4) is 0 Å². The highest BCUT2D eigenvalue weighted by atomic mass is 16.6. The van der Waals surface area contributed by atoms with Crippen LogP contribution in [0.2, 0.25) is 0 Å². The molecule has 1 amide bonds. The first kappa shape index (κ1) is 11.3. The molecule has 2 N–H and O–H groups in total. The Kier molecular flexibility index (Phi) is 2.76. The Bertz CT molecular complexity index is 226. The van der Waals surface area contributed by atoms with Gasteiger partial charge in [-0.05, 0) is 40.5 Å². The van der Waals surface area contributed by atoms with Crippen molar-refractivity contribution in [2.45, 2.75) is 57.8 Å². The normalized spacial score (nSPS) is 31.9. The van der Waals surface area contributed by atoms with Crippen LogP contribution < -0.4 is 5.32 Å². The minimum absolute atomic E-state index is 0.282. The molecule has 4 nitrogen and oxygen atoms in total. The zero-order chi connectivity index (χ0) is 11.0. The largest absolute Gasteiger partial charge is 0.444 e. The van der Waals surface area contributed by atoms with Crippen molar-refractivity contribution in [2.24, 2.45) is 0 Å². The molecule has 0 unspecified atom stereocenters. The molecule has 0 spiro atoms. The highest BCUT2D eigenvalue weighted by molar-refractivity contribution is 5.69. The van der Waals surface area contributed by atoms with Crippen LogP contribution >= 0.6 is 0 Å². The molecule has 0 heterocycles. The van der Waals surface area contributed by atoms with E-state index in [0.29, 0.717) is 12.8 Å². The Morgan fingerprint density at radius 1 is 1.50 bits per heavy atom. The number of aliphatic hydroxyl groups excluding tert-OH is 1. The van der Waals surface area contributed by atoms with Gasteiger partial charge in [0.25, 0.3) is 0 Å². The highest BCUT2D eigenvalue weighted by Crippen LogP contribution is 2.31. The van der Waals surface area contributed by atoms with Crippen LogP contribution in [0.15, 0.2) is 0 Å². The van der Waals surface area contributed by atoms with E-state index in [2.05, 4.69) is 5.32 Å². The summed E-state index contributed by atoms with van der Waals surface area (Å²) in [5, 5.41) is 11.9. The summed E-state index contributed by atoms with van der Waals surface area (Å²) in [7, 11) is 0. The number of alkyl carbamates (subject to hydrolysis) is 1. The van der Waals surface area contributed by atoms with Gasteiger partial charge in [-0.2, -0.15) is 0 Å². The summed E-state index contributed by atoms with van der Waals surface area (Å²) >= 11 is 0. The molecule has 1 aliphatic rings. The molecule has 0 aliphatic heterocycles. The predicted octanol–water partition coefficient (Wildman–Crippen LogP) is 1.42. The fourth-order valence-electron chi connectivity index (χ4n) is 1.63. The van der Waals surface area contributed by atoms with Crippen LogP contribution in [0, 0.1) is 0 Å². The van der Waals surface area contributed by atoms with Crippen molar-refractivity contribution in [1.82, 2.24) is 5.32 Å². The van der Waals surface area contributed by atoms with Crippen LogP contribution in [0.3, 0.4) is 0 Å². The maximum absolute atomic E-state index is 11.4. The third-order valence-corrected chi connectivity index (χ3v) is 2.18. The number of ether oxygens (including phenoxy) is 1. The van der Waals surface area contributed by atoms with E-state index >= 15 is 0 Å². The van der Waals surface area contributed by atoms with Crippen molar-refractivity contribution in [1.29, 1.82) is 0 Å². The maximum atomic E-state index is 11.4. The molecular weight excluding hydrogens is 182 g/mol. The van der Waals surface area contributed by atoms with Crippen molar-refractivity contribution < 1.29 is 14.6 Å². The maximum Gasteiger partial charge on any atom is 0.408 e. The molecule has 1 fully saturated rings. The van der Waals surface area contributed by atoms with E-state index in [0.717, 1.165) is 0 Å². The molecule has 4 heteroatoms. The molecule has 1 aliphatic carbocycles. The van der Waals surface area contributed by atoms with Gasteiger partial charge in [0.15, 0.2) is 0 Å². The number of nitrogens with one attached hydrogen (secondary N) is 1. The number of carbonyl (C=O) groups excluding carboxylic acids is 1. The number of aliphatic hydroxyl groups is 1. The Balaban J connectivity index is 2.35. The number of hydrogen-bond acceptors (Lipinski definition) is 3. The van der Waals surface area contributed by atoms with E-state index in [9.17, 15) is 4.79 Å². The minimum atomic E-state index is -0.469. The quantitative estimate of drug-likeness (QED) is 0.674. The smallest absolute Gasteiger partial charge is 0.408 e. The third kappa shape index (κ3) is 3.18. The fourth-order valence-corrected chi connectivity index (χ4v) is 1.63. The molecular formula is C10H19NO3. The van der Waals surface area contributed by atoms with Crippen LogP contribution in [-0.2, 0) is 4.74 Å². The van der Waals surface area contributed by atoms with Crippen molar-refractivity contribution >= 4 is 6.09 Å². The lowest BCUT2D eigenvalue weighted by molar-refractivity contribution is -0.00214. The first-order chi connectivity index (χ1) is 6.20. The molecule has 0 saturated heterocycles. The second-order valence-corrected chi connectivity index (χ2v) is 5.25. The first-order valence-electron chi connectivity index (χ1n) is 4.89. The molecule has 0 radical (unpaired) electrons. The summed E-state index contributed by atoms with van der Waals surface area (Å²) in [6, 6.07) is 0. The number of amides is 1. The molecule has 0 bridgehead atoms. The van der Waals surface area contributed by atoms with Crippen LogP contribution in [0.5, 0.6) is 0 Å². The SMILES string of the molecule is CC1(NC(=O)OC(C)(C)C)CC(O)C1. The third-order valence-electron chi connectivity index (χ3n) is 2.18.